The summed E-state index contributed by atoms with van der Waals surface area (Å²) < 4.78 is 39.9. The van der Waals surface area contributed by atoms with Crippen molar-refractivity contribution < 1.29 is 18.0 Å². The van der Waals surface area contributed by atoms with Gasteiger partial charge in [-0.1, -0.05) is 18.2 Å². The lowest BCUT2D eigenvalue weighted by molar-refractivity contribution is -0.138. The molecule has 10 heteroatoms. The second-order valence-electron chi connectivity index (χ2n) is 9.95. The summed E-state index contributed by atoms with van der Waals surface area (Å²) in [6.45, 7) is 9.08. The minimum Gasteiger partial charge on any atom is -0.353 e. The number of piperazine rings is 1. The Morgan fingerprint density at radius 1 is 1.05 bits per heavy atom. The molecule has 3 N–H and O–H groups in total. The van der Waals surface area contributed by atoms with E-state index in [1.54, 1.807) is 18.3 Å². The van der Waals surface area contributed by atoms with Crippen LogP contribution in [0.4, 0.5) is 24.8 Å². The van der Waals surface area contributed by atoms with Gasteiger partial charge in [0.2, 0.25) is 5.95 Å². The number of alkyl halides is 3. The molecule has 1 aliphatic heterocycles. The lowest BCUT2D eigenvalue weighted by Gasteiger charge is -2.27. The molecular weight excluding hydrogens is 517 g/mol. The molecule has 5 rings (SSSR count). The van der Waals surface area contributed by atoms with Crippen LogP contribution in [0.3, 0.4) is 0 Å². The molecule has 1 aromatic heterocycles. The number of benzene rings is 3. The summed E-state index contributed by atoms with van der Waals surface area (Å²) in [4.78, 5) is 24.5. The molecule has 0 saturated carbocycles. The first-order valence-corrected chi connectivity index (χ1v) is 13.2. The van der Waals surface area contributed by atoms with Crippen molar-refractivity contribution in [1.29, 1.82) is 0 Å². The zero-order valence-electron chi connectivity index (χ0n) is 22.4. The molecule has 0 unspecified atom stereocenters. The second-order valence-corrected chi connectivity index (χ2v) is 9.95. The molecule has 0 spiro atoms. The van der Waals surface area contributed by atoms with Gasteiger partial charge in [-0.3, -0.25) is 9.69 Å². The molecular formula is C30H31F3N6O. The number of fused-ring (bicyclic) bond motifs is 1. The van der Waals surface area contributed by atoms with Gasteiger partial charge in [-0.15, -0.1) is 0 Å². The van der Waals surface area contributed by atoms with Crippen LogP contribution < -0.4 is 16.0 Å². The highest BCUT2D eigenvalue weighted by Gasteiger charge is 2.33. The Balaban J connectivity index is 1.32. The summed E-state index contributed by atoms with van der Waals surface area (Å²) in [7, 11) is 0. The topological polar surface area (TPSA) is 82.2 Å². The summed E-state index contributed by atoms with van der Waals surface area (Å²) in [6.07, 6.45) is -2.72. The van der Waals surface area contributed by atoms with Crippen LogP contribution in [0.5, 0.6) is 0 Å². The summed E-state index contributed by atoms with van der Waals surface area (Å²) in [5.74, 6) is 0.0967. The maximum Gasteiger partial charge on any atom is 0.416 e. The van der Waals surface area contributed by atoms with Crippen molar-refractivity contribution in [3.63, 3.8) is 0 Å². The molecule has 1 fully saturated rings. The number of anilines is 2. The van der Waals surface area contributed by atoms with Gasteiger partial charge in [-0.2, -0.15) is 13.2 Å². The molecule has 7 nitrogen and oxygen atoms in total. The average Bonchev–Trinajstić information content (AvgIpc) is 2.94. The smallest absolute Gasteiger partial charge is 0.353 e. The third-order valence-electron chi connectivity index (χ3n) is 7.20. The molecule has 4 aromatic rings. The minimum atomic E-state index is -4.50. The number of amides is 1. The number of aromatic nitrogens is 2. The number of halogens is 3. The Morgan fingerprint density at radius 2 is 1.85 bits per heavy atom. The Kier molecular flexibility index (Phi) is 7.99. The van der Waals surface area contributed by atoms with Crippen LogP contribution in [0.1, 0.15) is 27.0 Å². The molecule has 1 amide bonds. The molecule has 1 saturated heterocycles. The van der Waals surface area contributed by atoms with E-state index in [4.69, 9.17) is 0 Å². The fourth-order valence-electron chi connectivity index (χ4n) is 4.89. The minimum absolute atomic E-state index is 0.0251. The largest absolute Gasteiger partial charge is 0.416 e. The normalized spacial score (nSPS) is 14.3. The maximum absolute atomic E-state index is 13.3. The summed E-state index contributed by atoms with van der Waals surface area (Å²) in [5.41, 5.74) is 3.16. The summed E-state index contributed by atoms with van der Waals surface area (Å²) in [5, 5.41) is 10.2. The first kappa shape index (κ1) is 27.5. The number of carbonyl (C=O) groups is 1. The van der Waals surface area contributed by atoms with E-state index in [-0.39, 0.29) is 11.3 Å². The third kappa shape index (κ3) is 6.24. The quantitative estimate of drug-likeness (QED) is 0.283. The average molecular weight is 549 g/mol. The predicted molar refractivity (Wildman–Crippen MR) is 152 cm³/mol. The standard InChI is InChI=1S/C30H31F3N6O/c1-19-6-7-22(28(40)37-26-5-3-4-25(20(26)2)30(31,32)33)17-24(19)21-8-9-27-23(16-21)18-36-29(38-27)35-12-15-39-13-10-34-11-14-39/h3-9,16-18,34H,10-15H2,1-2H3,(H,37,40)(H,35,36,38). The second kappa shape index (κ2) is 11.6. The van der Waals surface area contributed by atoms with Gasteiger partial charge in [0.1, 0.15) is 0 Å². The van der Waals surface area contributed by atoms with Crippen molar-refractivity contribution in [2.75, 3.05) is 49.9 Å². The third-order valence-corrected chi connectivity index (χ3v) is 7.20. The van der Waals surface area contributed by atoms with Crippen molar-refractivity contribution in [3.05, 3.63) is 83.0 Å². The lowest BCUT2D eigenvalue weighted by Crippen LogP contribution is -2.45. The fourth-order valence-corrected chi connectivity index (χ4v) is 4.89. The van der Waals surface area contributed by atoms with E-state index < -0.39 is 17.6 Å². The first-order chi connectivity index (χ1) is 19.2. The number of hydrogen-bond acceptors (Lipinski definition) is 6. The van der Waals surface area contributed by atoms with Crippen molar-refractivity contribution in [2.24, 2.45) is 0 Å². The van der Waals surface area contributed by atoms with Crippen LogP contribution in [0.15, 0.2) is 60.8 Å². The van der Waals surface area contributed by atoms with Crippen molar-refractivity contribution >= 4 is 28.4 Å². The molecule has 0 atom stereocenters. The highest BCUT2D eigenvalue weighted by molar-refractivity contribution is 6.05. The van der Waals surface area contributed by atoms with Crippen LogP contribution in [-0.4, -0.2) is 60.0 Å². The molecule has 0 aliphatic carbocycles. The molecule has 3 aromatic carbocycles. The number of nitrogens with zero attached hydrogens (tertiary/aromatic N) is 3. The van der Waals surface area contributed by atoms with Crippen LogP contribution in [0.25, 0.3) is 22.0 Å². The SMILES string of the molecule is Cc1ccc(C(=O)Nc2cccc(C(F)(F)F)c2C)cc1-c1ccc2nc(NCCN3CCNCC3)ncc2c1. The van der Waals surface area contributed by atoms with Crippen molar-refractivity contribution in [2.45, 2.75) is 20.0 Å². The van der Waals surface area contributed by atoms with Gasteiger partial charge < -0.3 is 16.0 Å². The Hall–Kier alpha value is -4.02. The number of rotatable bonds is 7. The van der Waals surface area contributed by atoms with Gasteiger partial charge in [0.15, 0.2) is 0 Å². The summed E-state index contributed by atoms with van der Waals surface area (Å²) >= 11 is 0. The van der Waals surface area contributed by atoms with Crippen LogP contribution in [0, 0.1) is 13.8 Å². The fraction of sp³-hybridized carbons (Fsp3) is 0.300. The summed E-state index contributed by atoms with van der Waals surface area (Å²) in [6, 6.07) is 14.8. The van der Waals surface area contributed by atoms with Crippen molar-refractivity contribution in [3.8, 4) is 11.1 Å². The van der Waals surface area contributed by atoms with Crippen molar-refractivity contribution in [1.82, 2.24) is 20.2 Å². The van der Waals surface area contributed by atoms with Gasteiger partial charge >= 0.3 is 6.18 Å². The van der Waals surface area contributed by atoms with E-state index >= 15 is 0 Å². The molecule has 40 heavy (non-hydrogen) atoms. The van der Waals surface area contributed by atoms with Gasteiger partial charge in [-0.25, -0.2) is 9.97 Å². The highest BCUT2D eigenvalue weighted by atomic mass is 19.4. The van der Waals surface area contributed by atoms with E-state index in [9.17, 15) is 18.0 Å². The van der Waals surface area contributed by atoms with Gasteiger partial charge in [0.05, 0.1) is 11.1 Å². The zero-order chi connectivity index (χ0) is 28.3. The van der Waals surface area contributed by atoms with E-state index in [0.717, 1.165) is 72.9 Å². The molecule has 0 radical (unpaired) electrons. The highest BCUT2D eigenvalue weighted by Crippen LogP contribution is 2.35. The van der Waals surface area contributed by atoms with Gasteiger partial charge in [-0.05, 0) is 72.5 Å². The number of hydrogen-bond donors (Lipinski definition) is 3. The molecule has 0 bridgehead atoms. The molecule has 2 heterocycles. The first-order valence-electron chi connectivity index (χ1n) is 13.2. The monoisotopic (exact) mass is 548 g/mol. The lowest BCUT2D eigenvalue weighted by atomic mass is 9.96. The van der Waals surface area contributed by atoms with E-state index in [1.807, 2.05) is 31.2 Å². The van der Waals surface area contributed by atoms with Gasteiger partial charge in [0.25, 0.3) is 5.91 Å². The Morgan fingerprint density at radius 3 is 2.62 bits per heavy atom. The van der Waals surface area contributed by atoms with Gasteiger partial charge in [0, 0.05) is 62.1 Å². The molecule has 208 valence electrons. The van der Waals surface area contributed by atoms with E-state index in [2.05, 4.69) is 30.8 Å². The van der Waals surface area contributed by atoms with E-state index in [1.165, 1.54) is 19.1 Å². The predicted octanol–water partition coefficient (Wildman–Crippen LogP) is 5.50. The van der Waals surface area contributed by atoms with Crippen LogP contribution in [0.2, 0.25) is 0 Å². The Labute approximate surface area is 230 Å². The van der Waals surface area contributed by atoms with Crippen LogP contribution >= 0.6 is 0 Å². The Bertz CT molecular complexity index is 1530. The van der Waals surface area contributed by atoms with Crippen LogP contribution in [-0.2, 0) is 6.18 Å². The number of nitrogens with one attached hydrogen (secondary N) is 3. The van der Waals surface area contributed by atoms with E-state index in [0.29, 0.717) is 11.5 Å². The molecule has 1 aliphatic rings. The zero-order valence-corrected chi connectivity index (χ0v) is 22.4. The number of aryl methyl sites for hydroxylation is 1. The maximum atomic E-state index is 13.3. The number of carbonyl (C=O) groups excluding carboxylic acids is 1.